The number of nitrogens with zero attached hydrogens (tertiary/aromatic N) is 3. The molecule has 0 radical (unpaired) electrons. The molecule has 1 aromatic heterocycles. The van der Waals surface area contributed by atoms with Gasteiger partial charge in [0, 0.05) is 38.6 Å². The lowest BCUT2D eigenvalue weighted by atomic mass is 10.2. The van der Waals surface area contributed by atoms with Crippen molar-refractivity contribution in [3.05, 3.63) is 54.4 Å². The van der Waals surface area contributed by atoms with Crippen molar-refractivity contribution in [2.75, 3.05) is 31.6 Å². The Balaban J connectivity index is 1.97. The summed E-state index contributed by atoms with van der Waals surface area (Å²) >= 11 is 0. The Kier molecular flexibility index (Phi) is 7.14. The molecule has 0 aliphatic carbocycles. The van der Waals surface area contributed by atoms with E-state index >= 15 is 0 Å². The molecule has 0 unspecified atom stereocenters. The molecule has 6 heteroatoms. The number of benzene rings is 1. The summed E-state index contributed by atoms with van der Waals surface area (Å²) in [5, 5.41) is 0. The number of aromatic nitrogens is 1. The number of amides is 2. The first kappa shape index (κ1) is 19.4. The minimum Gasteiger partial charge on any atom is -0.494 e. The number of carbonyl (C=O) groups is 2. The zero-order chi connectivity index (χ0) is 18.9. The van der Waals surface area contributed by atoms with Crippen LogP contribution in [0.4, 0.5) is 5.69 Å². The SMILES string of the molecule is CCOc1ccc(N(CC(=O)N(C)CCc2ccncc2)C(C)=O)cc1. The van der Waals surface area contributed by atoms with E-state index in [2.05, 4.69) is 4.98 Å². The van der Waals surface area contributed by atoms with Crippen LogP contribution in [0.3, 0.4) is 0 Å². The highest BCUT2D eigenvalue weighted by atomic mass is 16.5. The van der Waals surface area contributed by atoms with Gasteiger partial charge in [-0.05, 0) is 55.3 Å². The molecule has 0 spiro atoms. The summed E-state index contributed by atoms with van der Waals surface area (Å²) in [6.45, 7) is 4.54. The number of pyridine rings is 1. The minimum absolute atomic E-state index is 0.0101. The molecule has 0 saturated carbocycles. The third-order valence-corrected chi connectivity index (χ3v) is 4.04. The van der Waals surface area contributed by atoms with Gasteiger partial charge in [-0.1, -0.05) is 0 Å². The first-order valence-electron chi connectivity index (χ1n) is 8.65. The van der Waals surface area contributed by atoms with E-state index in [4.69, 9.17) is 4.74 Å². The van der Waals surface area contributed by atoms with Crippen LogP contribution >= 0.6 is 0 Å². The molecule has 0 fully saturated rings. The van der Waals surface area contributed by atoms with E-state index in [1.54, 1.807) is 48.6 Å². The lowest BCUT2D eigenvalue weighted by Gasteiger charge is -2.24. The first-order chi connectivity index (χ1) is 12.5. The molecule has 0 N–H and O–H groups in total. The van der Waals surface area contributed by atoms with Crippen LogP contribution < -0.4 is 9.64 Å². The second-order valence-electron chi connectivity index (χ2n) is 5.95. The smallest absolute Gasteiger partial charge is 0.242 e. The lowest BCUT2D eigenvalue weighted by Crippen LogP contribution is -2.41. The fourth-order valence-corrected chi connectivity index (χ4v) is 2.50. The van der Waals surface area contributed by atoms with Crippen LogP contribution in [-0.4, -0.2) is 48.4 Å². The maximum absolute atomic E-state index is 12.5. The van der Waals surface area contributed by atoms with E-state index in [1.165, 1.54) is 11.8 Å². The standard InChI is InChI=1S/C20H25N3O3/c1-4-26-19-7-5-18(6-8-19)23(16(2)24)15-20(25)22(3)14-11-17-9-12-21-13-10-17/h5-10,12-13H,4,11,14-15H2,1-3H3. The highest BCUT2D eigenvalue weighted by Crippen LogP contribution is 2.20. The summed E-state index contributed by atoms with van der Waals surface area (Å²) in [6.07, 6.45) is 4.22. The molecule has 26 heavy (non-hydrogen) atoms. The van der Waals surface area contributed by atoms with Crippen LogP contribution in [0.1, 0.15) is 19.4 Å². The molecule has 2 amide bonds. The van der Waals surface area contributed by atoms with Gasteiger partial charge in [0.1, 0.15) is 12.3 Å². The van der Waals surface area contributed by atoms with Crippen molar-refractivity contribution in [1.82, 2.24) is 9.88 Å². The number of rotatable bonds is 8. The van der Waals surface area contributed by atoms with E-state index in [0.29, 0.717) is 18.8 Å². The summed E-state index contributed by atoms with van der Waals surface area (Å²) in [4.78, 5) is 31.6. The molecule has 2 aromatic rings. The Morgan fingerprint density at radius 2 is 1.73 bits per heavy atom. The number of ether oxygens (including phenoxy) is 1. The molecule has 2 rings (SSSR count). The highest BCUT2D eigenvalue weighted by molar-refractivity contribution is 5.97. The Bertz CT molecular complexity index is 717. The van der Waals surface area contributed by atoms with Crippen LogP contribution in [0.5, 0.6) is 5.75 Å². The van der Waals surface area contributed by atoms with Crippen LogP contribution in [0.2, 0.25) is 0 Å². The second-order valence-corrected chi connectivity index (χ2v) is 5.95. The Morgan fingerprint density at radius 1 is 1.08 bits per heavy atom. The van der Waals surface area contributed by atoms with E-state index in [-0.39, 0.29) is 18.4 Å². The predicted molar refractivity (Wildman–Crippen MR) is 101 cm³/mol. The van der Waals surface area contributed by atoms with Crippen LogP contribution in [0, 0.1) is 0 Å². The van der Waals surface area contributed by atoms with E-state index < -0.39 is 0 Å². The van der Waals surface area contributed by atoms with Gasteiger partial charge in [-0.3, -0.25) is 14.6 Å². The van der Waals surface area contributed by atoms with Crippen molar-refractivity contribution in [2.45, 2.75) is 20.3 Å². The van der Waals surface area contributed by atoms with E-state index in [1.807, 2.05) is 19.1 Å². The predicted octanol–water partition coefficient (Wildman–Crippen LogP) is 2.53. The molecule has 138 valence electrons. The molecule has 0 aliphatic rings. The van der Waals surface area contributed by atoms with Gasteiger partial charge in [0.25, 0.3) is 0 Å². The Morgan fingerprint density at radius 3 is 2.31 bits per heavy atom. The van der Waals surface area contributed by atoms with Gasteiger partial charge in [-0.25, -0.2) is 0 Å². The maximum atomic E-state index is 12.5. The van der Waals surface area contributed by atoms with E-state index in [0.717, 1.165) is 17.7 Å². The molecule has 0 saturated heterocycles. The van der Waals surface area contributed by atoms with Crippen molar-refractivity contribution >= 4 is 17.5 Å². The summed E-state index contributed by atoms with van der Waals surface area (Å²) in [5.74, 6) is 0.453. The lowest BCUT2D eigenvalue weighted by molar-refractivity contribution is -0.130. The Labute approximate surface area is 154 Å². The number of likely N-dealkylation sites (N-methyl/N-ethyl adjacent to an activating group) is 1. The number of hydrogen-bond acceptors (Lipinski definition) is 4. The normalized spacial score (nSPS) is 10.3. The average Bonchev–Trinajstić information content (AvgIpc) is 2.65. The maximum Gasteiger partial charge on any atom is 0.242 e. The fraction of sp³-hybridized carbons (Fsp3) is 0.350. The second kappa shape index (κ2) is 9.56. The molecule has 0 bridgehead atoms. The molecule has 1 heterocycles. The number of carbonyl (C=O) groups excluding carboxylic acids is 2. The van der Waals surface area contributed by atoms with Gasteiger partial charge in [0.15, 0.2) is 0 Å². The minimum atomic E-state index is -0.176. The summed E-state index contributed by atoms with van der Waals surface area (Å²) < 4.78 is 5.41. The third-order valence-electron chi connectivity index (χ3n) is 4.04. The van der Waals surface area contributed by atoms with Gasteiger partial charge >= 0.3 is 0 Å². The van der Waals surface area contributed by atoms with Gasteiger partial charge in [-0.15, -0.1) is 0 Å². The summed E-state index contributed by atoms with van der Waals surface area (Å²) in [5.41, 5.74) is 1.80. The van der Waals surface area contributed by atoms with Crippen molar-refractivity contribution in [2.24, 2.45) is 0 Å². The Hall–Kier alpha value is -2.89. The monoisotopic (exact) mass is 355 g/mol. The quantitative estimate of drug-likeness (QED) is 0.730. The van der Waals surface area contributed by atoms with Crippen LogP contribution in [0.25, 0.3) is 0 Å². The highest BCUT2D eigenvalue weighted by Gasteiger charge is 2.18. The first-order valence-corrected chi connectivity index (χ1v) is 8.65. The molecule has 1 aromatic carbocycles. The van der Waals surface area contributed by atoms with E-state index in [9.17, 15) is 9.59 Å². The number of anilines is 1. The zero-order valence-corrected chi connectivity index (χ0v) is 15.5. The fourth-order valence-electron chi connectivity index (χ4n) is 2.50. The van der Waals surface area contributed by atoms with Crippen molar-refractivity contribution in [3.8, 4) is 5.75 Å². The van der Waals surface area contributed by atoms with Crippen molar-refractivity contribution in [3.63, 3.8) is 0 Å². The van der Waals surface area contributed by atoms with Crippen molar-refractivity contribution < 1.29 is 14.3 Å². The largest absolute Gasteiger partial charge is 0.494 e. The topological polar surface area (TPSA) is 62.7 Å². The number of hydrogen-bond donors (Lipinski definition) is 0. The molecule has 6 nitrogen and oxygen atoms in total. The van der Waals surface area contributed by atoms with Crippen molar-refractivity contribution in [1.29, 1.82) is 0 Å². The zero-order valence-electron chi connectivity index (χ0n) is 15.5. The van der Waals surface area contributed by atoms with Crippen LogP contribution in [-0.2, 0) is 16.0 Å². The van der Waals surface area contributed by atoms with Crippen LogP contribution in [0.15, 0.2) is 48.8 Å². The average molecular weight is 355 g/mol. The third kappa shape index (κ3) is 5.58. The molecule has 0 aliphatic heterocycles. The van der Waals surface area contributed by atoms with Gasteiger partial charge < -0.3 is 14.5 Å². The van der Waals surface area contributed by atoms with Gasteiger partial charge in [0.2, 0.25) is 11.8 Å². The van der Waals surface area contributed by atoms with Gasteiger partial charge in [-0.2, -0.15) is 0 Å². The summed E-state index contributed by atoms with van der Waals surface area (Å²) in [6, 6.07) is 11.0. The summed E-state index contributed by atoms with van der Waals surface area (Å²) in [7, 11) is 1.75. The molecular formula is C20H25N3O3. The van der Waals surface area contributed by atoms with Gasteiger partial charge in [0.05, 0.1) is 6.61 Å². The molecular weight excluding hydrogens is 330 g/mol. The molecule has 0 atom stereocenters.